The van der Waals surface area contributed by atoms with Gasteiger partial charge in [-0.05, 0) is 24.6 Å². The fourth-order valence-electron chi connectivity index (χ4n) is 1.71. The molecule has 0 bridgehead atoms. The van der Waals surface area contributed by atoms with Crippen molar-refractivity contribution in [3.8, 4) is 0 Å². The van der Waals surface area contributed by atoms with Gasteiger partial charge in [0.1, 0.15) is 5.52 Å². The number of nitrogens with zero attached hydrogens (tertiary/aromatic N) is 1. The van der Waals surface area contributed by atoms with Gasteiger partial charge in [-0.1, -0.05) is 6.07 Å². The predicted molar refractivity (Wildman–Crippen MR) is 64.4 cm³/mol. The van der Waals surface area contributed by atoms with Gasteiger partial charge < -0.3 is 15.5 Å². The van der Waals surface area contributed by atoms with Crippen LogP contribution in [0.25, 0.3) is 11.1 Å². The van der Waals surface area contributed by atoms with Crippen LogP contribution in [0.5, 0.6) is 0 Å². The van der Waals surface area contributed by atoms with E-state index in [2.05, 4.69) is 10.3 Å². The SMILES string of the molecule is Cc1nc2ccc(C(C)NC(=O)CN)cc2o1. The maximum Gasteiger partial charge on any atom is 0.234 e. The van der Waals surface area contributed by atoms with E-state index in [1.807, 2.05) is 25.1 Å². The van der Waals surface area contributed by atoms with E-state index >= 15 is 0 Å². The number of nitrogens with one attached hydrogen (secondary N) is 1. The van der Waals surface area contributed by atoms with Crippen molar-refractivity contribution in [1.82, 2.24) is 10.3 Å². The molecule has 2 aromatic rings. The van der Waals surface area contributed by atoms with Crippen molar-refractivity contribution >= 4 is 17.0 Å². The molecule has 3 N–H and O–H groups in total. The summed E-state index contributed by atoms with van der Waals surface area (Å²) in [6.07, 6.45) is 0. The zero-order chi connectivity index (χ0) is 12.4. The zero-order valence-electron chi connectivity index (χ0n) is 9.86. The fourth-order valence-corrected chi connectivity index (χ4v) is 1.71. The molecule has 1 heterocycles. The zero-order valence-corrected chi connectivity index (χ0v) is 9.86. The molecule has 0 saturated heterocycles. The Kier molecular flexibility index (Phi) is 3.10. The van der Waals surface area contributed by atoms with Crippen LogP contribution in [0.1, 0.15) is 24.4 Å². The van der Waals surface area contributed by atoms with Gasteiger partial charge in [0.05, 0.1) is 12.6 Å². The third-order valence-corrected chi connectivity index (χ3v) is 2.58. The molecular weight excluding hydrogens is 218 g/mol. The van der Waals surface area contributed by atoms with Crippen LogP contribution in [0.3, 0.4) is 0 Å². The van der Waals surface area contributed by atoms with Crippen molar-refractivity contribution in [1.29, 1.82) is 0 Å². The van der Waals surface area contributed by atoms with Crippen LogP contribution in [0.4, 0.5) is 0 Å². The number of amides is 1. The minimum Gasteiger partial charge on any atom is -0.441 e. The topological polar surface area (TPSA) is 81.2 Å². The molecule has 2 rings (SSSR count). The third-order valence-electron chi connectivity index (χ3n) is 2.58. The van der Waals surface area contributed by atoms with Crippen LogP contribution in [0.2, 0.25) is 0 Å². The highest BCUT2D eigenvalue weighted by Gasteiger charge is 2.10. The highest BCUT2D eigenvalue weighted by molar-refractivity contribution is 5.78. The standard InChI is InChI=1S/C12H15N3O2/c1-7(14-12(16)6-13)9-3-4-10-11(5-9)17-8(2)15-10/h3-5,7H,6,13H2,1-2H3,(H,14,16). The first-order valence-corrected chi connectivity index (χ1v) is 5.46. The minimum absolute atomic E-state index is 0.00595. The number of carbonyl (C=O) groups excluding carboxylic acids is 1. The Balaban J connectivity index is 2.26. The van der Waals surface area contributed by atoms with Gasteiger partial charge in [-0.2, -0.15) is 0 Å². The first-order valence-electron chi connectivity index (χ1n) is 5.46. The first kappa shape index (κ1) is 11.6. The monoisotopic (exact) mass is 233 g/mol. The van der Waals surface area contributed by atoms with Crippen molar-refractivity contribution in [2.24, 2.45) is 5.73 Å². The quantitative estimate of drug-likeness (QED) is 0.836. The van der Waals surface area contributed by atoms with Gasteiger partial charge in [0.15, 0.2) is 11.5 Å². The van der Waals surface area contributed by atoms with Crippen LogP contribution < -0.4 is 11.1 Å². The van der Waals surface area contributed by atoms with Gasteiger partial charge in [0, 0.05) is 6.92 Å². The van der Waals surface area contributed by atoms with Gasteiger partial charge in [0.2, 0.25) is 5.91 Å². The highest BCUT2D eigenvalue weighted by Crippen LogP contribution is 2.20. The van der Waals surface area contributed by atoms with E-state index in [1.165, 1.54) is 0 Å². The Morgan fingerprint density at radius 2 is 2.35 bits per heavy atom. The van der Waals surface area contributed by atoms with E-state index in [1.54, 1.807) is 6.92 Å². The number of aromatic nitrogens is 1. The second-order valence-corrected chi connectivity index (χ2v) is 3.95. The average molecular weight is 233 g/mol. The molecule has 90 valence electrons. The molecule has 1 aromatic carbocycles. The Labute approximate surface area is 99.0 Å². The molecule has 0 aliphatic rings. The van der Waals surface area contributed by atoms with E-state index in [-0.39, 0.29) is 18.5 Å². The normalized spacial score (nSPS) is 12.6. The summed E-state index contributed by atoms with van der Waals surface area (Å²) in [5.74, 6) is 0.460. The van der Waals surface area contributed by atoms with Crippen molar-refractivity contribution in [3.63, 3.8) is 0 Å². The number of benzene rings is 1. The number of nitrogens with two attached hydrogens (primary N) is 1. The smallest absolute Gasteiger partial charge is 0.234 e. The van der Waals surface area contributed by atoms with E-state index in [4.69, 9.17) is 10.2 Å². The van der Waals surface area contributed by atoms with Crippen molar-refractivity contribution < 1.29 is 9.21 Å². The number of fused-ring (bicyclic) bond motifs is 1. The summed E-state index contributed by atoms with van der Waals surface area (Å²) >= 11 is 0. The molecule has 5 heteroatoms. The first-order chi connectivity index (χ1) is 8.10. The number of hydrogen-bond donors (Lipinski definition) is 2. The molecule has 0 spiro atoms. The van der Waals surface area contributed by atoms with E-state index in [0.717, 1.165) is 16.7 Å². The van der Waals surface area contributed by atoms with E-state index in [9.17, 15) is 4.79 Å². The molecule has 17 heavy (non-hydrogen) atoms. The van der Waals surface area contributed by atoms with Gasteiger partial charge in [-0.15, -0.1) is 0 Å². The molecule has 1 atom stereocenters. The maximum atomic E-state index is 11.2. The van der Waals surface area contributed by atoms with Gasteiger partial charge in [-0.3, -0.25) is 4.79 Å². The highest BCUT2D eigenvalue weighted by atomic mass is 16.3. The van der Waals surface area contributed by atoms with Crippen LogP contribution in [0, 0.1) is 6.92 Å². The Morgan fingerprint density at radius 3 is 3.06 bits per heavy atom. The number of carbonyl (C=O) groups is 1. The predicted octanol–water partition coefficient (Wildman–Crippen LogP) is 1.27. The Morgan fingerprint density at radius 1 is 1.59 bits per heavy atom. The van der Waals surface area contributed by atoms with Crippen molar-refractivity contribution in [3.05, 3.63) is 29.7 Å². The fraction of sp³-hybridized carbons (Fsp3) is 0.333. The molecule has 5 nitrogen and oxygen atoms in total. The molecular formula is C12H15N3O2. The summed E-state index contributed by atoms with van der Waals surface area (Å²) in [6.45, 7) is 3.70. The summed E-state index contributed by atoms with van der Waals surface area (Å²) < 4.78 is 5.44. The van der Waals surface area contributed by atoms with Crippen LogP contribution in [-0.2, 0) is 4.79 Å². The number of oxazole rings is 1. The van der Waals surface area contributed by atoms with Crippen LogP contribution in [0.15, 0.2) is 22.6 Å². The molecule has 1 amide bonds. The average Bonchev–Trinajstić information content (AvgIpc) is 2.67. The molecule has 0 radical (unpaired) electrons. The lowest BCUT2D eigenvalue weighted by Gasteiger charge is -2.13. The van der Waals surface area contributed by atoms with Crippen molar-refractivity contribution in [2.45, 2.75) is 19.9 Å². The van der Waals surface area contributed by atoms with E-state index < -0.39 is 0 Å². The maximum absolute atomic E-state index is 11.2. The third kappa shape index (κ3) is 2.45. The van der Waals surface area contributed by atoms with Crippen molar-refractivity contribution in [2.75, 3.05) is 6.54 Å². The largest absolute Gasteiger partial charge is 0.441 e. The lowest BCUT2D eigenvalue weighted by atomic mass is 10.1. The van der Waals surface area contributed by atoms with Crippen LogP contribution >= 0.6 is 0 Å². The Bertz CT molecular complexity index is 548. The van der Waals surface area contributed by atoms with Gasteiger partial charge in [0.25, 0.3) is 0 Å². The number of rotatable bonds is 3. The second kappa shape index (κ2) is 4.55. The summed E-state index contributed by atoms with van der Waals surface area (Å²) in [7, 11) is 0. The van der Waals surface area contributed by atoms with Crippen LogP contribution in [-0.4, -0.2) is 17.4 Å². The van der Waals surface area contributed by atoms with Gasteiger partial charge >= 0.3 is 0 Å². The lowest BCUT2D eigenvalue weighted by Crippen LogP contribution is -2.32. The Hall–Kier alpha value is -1.88. The second-order valence-electron chi connectivity index (χ2n) is 3.95. The molecule has 1 unspecified atom stereocenters. The molecule has 1 aromatic heterocycles. The number of aryl methyl sites for hydroxylation is 1. The summed E-state index contributed by atoms with van der Waals surface area (Å²) in [5, 5.41) is 2.79. The molecule has 0 saturated carbocycles. The van der Waals surface area contributed by atoms with E-state index in [0.29, 0.717) is 5.89 Å². The molecule has 0 fully saturated rings. The number of hydrogen-bond acceptors (Lipinski definition) is 4. The molecule has 0 aliphatic heterocycles. The summed E-state index contributed by atoms with van der Waals surface area (Å²) in [4.78, 5) is 15.4. The van der Waals surface area contributed by atoms with Gasteiger partial charge in [-0.25, -0.2) is 4.98 Å². The summed E-state index contributed by atoms with van der Waals surface area (Å²) in [5.41, 5.74) is 7.77. The minimum atomic E-state index is -0.175. The summed E-state index contributed by atoms with van der Waals surface area (Å²) in [6, 6.07) is 5.59. The molecule has 0 aliphatic carbocycles. The lowest BCUT2D eigenvalue weighted by molar-refractivity contribution is -0.120.